The summed E-state index contributed by atoms with van der Waals surface area (Å²) in [7, 11) is 5.90. The summed E-state index contributed by atoms with van der Waals surface area (Å²) < 4.78 is 2.81. The van der Waals surface area contributed by atoms with Crippen molar-refractivity contribution in [2.24, 2.45) is 7.05 Å². The van der Waals surface area contributed by atoms with Gasteiger partial charge in [-0.05, 0) is 29.0 Å². The van der Waals surface area contributed by atoms with Crippen molar-refractivity contribution >= 4 is 21.7 Å². The number of hydrogen-bond acceptors (Lipinski definition) is 4. The number of hydrogen-bond donors (Lipinski definition) is 1. The number of nitrogens with one attached hydrogen (secondary N) is 1. The fraction of sp³-hybridized carbons (Fsp3) is 0.385. The second-order valence-electron chi connectivity index (χ2n) is 4.54. The Morgan fingerprint density at radius 2 is 2.21 bits per heavy atom. The third-order valence-electron chi connectivity index (χ3n) is 2.82. The minimum atomic E-state index is 0.791. The quantitative estimate of drug-likeness (QED) is 0.913. The van der Waals surface area contributed by atoms with E-state index < -0.39 is 0 Å². The Labute approximate surface area is 121 Å². The predicted molar refractivity (Wildman–Crippen MR) is 80.0 cm³/mol. The van der Waals surface area contributed by atoms with Crippen LogP contribution in [0.5, 0.6) is 0 Å². The van der Waals surface area contributed by atoms with Gasteiger partial charge in [-0.25, -0.2) is 4.98 Å². The molecule has 0 saturated carbocycles. The van der Waals surface area contributed by atoms with E-state index in [9.17, 15) is 0 Å². The van der Waals surface area contributed by atoms with Gasteiger partial charge in [-0.3, -0.25) is 4.68 Å². The summed E-state index contributed by atoms with van der Waals surface area (Å²) in [6.45, 7) is 1.58. The van der Waals surface area contributed by atoms with Gasteiger partial charge in [0.1, 0.15) is 5.82 Å². The lowest BCUT2D eigenvalue weighted by Crippen LogP contribution is -2.20. The van der Waals surface area contributed by atoms with Crippen LogP contribution in [0.15, 0.2) is 29.1 Å². The Hall–Kier alpha value is -1.40. The largest absolute Gasteiger partial charge is 0.355 e. The molecule has 0 unspecified atom stereocenters. The smallest absolute Gasteiger partial charge is 0.133 e. The number of rotatable bonds is 5. The molecule has 6 heteroatoms. The second-order valence-corrected chi connectivity index (χ2v) is 5.46. The van der Waals surface area contributed by atoms with Crippen molar-refractivity contribution in [3.63, 3.8) is 0 Å². The molecule has 2 aromatic rings. The van der Waals surface area contributed by atoms with Crippen LogP contribution < -0.4 is 10.2 Å². The Morgan fingerprint density at radius 1 is 1.42 bits per heavy atom. The first-order valence-corrected chi connectivity index (χ1v) is 6.87. The van der Waals surface area contributed by atoms with E-state index in [0.717, 1.165) is 23.4 Å². The molecular weight excluding hydrogens is 306 g/mol. The lowest BCUT2D eigenvalue weighted by molar-refractivity contribution is 0.765. The SMILES string of the molecule is CNCc1cc(Br)cnc1N(C)Cc1cnn(C)c1. The molecule has 0 aliphatic carbocycles. The molecule has 0 fully saturated rings. The van der Waals surface area contributed by atoms with Crippen LogP contribution in [0.4, 0.5) is 5.82 Å². The number of pyridine rings is 1. The van der Waals surface area contributed by atoms with Crippen molar-refractivity contribution in [3.05, 3.63) is 40.3 Å². The van der Waals surface area contributed by atoms with Crippen molar-refractivity contribution in [1.29, 1.82) is 0 Å². The van der Waals surface area contributed by atoms with Crippen molar-refractivity contribution < 1.29 is 0 Å². The lowest BCUT2D eigenvalue weighted by atomic mass is 10.2. The van der Waals surface area contributed by atoms with Crippen molar-refractivity contribution in [3.8, 4) is 0 Å². The molecule has 0 aliphatic rings. The van der Waals surface area contributed by atoms with Gasteiger partial charge in [0.2, 0.25) is 0 Å². The van der Waals surface area contributed by atoms with E-state index in [-0.39, 0.29) is 0 Å². The van der Waals surface area contributed by atoms with E-state index in [0.29, 0.717) is 0 Å². The molecule has 1 N–H and O–H groups in total. The highest BCUT2D eigenvalue weighted by Crippen LogP contribution is 2.22. The van der Waals surface area contributed by atoms with Gasteiger partial charge >= 0.3 is 0 Å². The van der Waals surface area contributed by atoms with Crippen LogP contribution in [0, 0.1) is 0 Å². The molecule has 0 saturated heterocycles. The van der Waals surface area contributed by atoms with Gasteiger partial charge in [0.15, 0.2) is 0 Å². The van der Waals surface area contributed by atoms with Crippen molar-refractivity contribution in [1.82, 2.24) is 20.1 Å². The van der Waals surface area contributed by atoms with E-state index in [2.05, 4.69) is 42.3 Å². The second kappa shape index (κ2) is 6.16. The molecule has 19 heavy (non-hydrogen) atoms. The van der Waals surface area contributed by atoms with Crippen LogP contribution in [0.2, 0.25) is 0 Å². The third-order valence-corrected chi connectivity index (χ3v) is 3.25. The number of halogens is 1. The Kier molecular flexibility index (Phi) is 4.55. The molecule has 2 aromatic heterocycles. The standard InChI is InChI=1S/C13H18BrN5/c1-15-6-11-4-12(14)7-16-13(11)18(2)8-10-5-17-19(3)9-10/h4-5,7,9,15H,6,8H2,1-3H3. The molecule has 0 bridgehead atoms. The lowest BCUT2D eigenvalue weighted by Gasteiger charge is -2.20. The van der Waals surface area contributed by atoms with Gasteiger partial charge in [-0.1, -0.05) is 0 Å². The maximum atomic E-state index is 4.51. The summed E-state index contributed by atoms with van der Waals surface area (Å²) in [5, 5.41) is 7.36. The minimum absolute atomic E-state index is 0.791. The maximum Gasteiger partial charge on any atom is 0.133 e. The third kappa shape index (κ3) is 3.54. The highest BCUT2D eigenvalue weighted by Gasteiger charge is 2.10. The minimum Gasteiger partial charge on any atom is -0.355 e. The first-order valence-electron chi connectivity index (χ1n) is 6.08. The first-order chi connectivity index (χ1) is 9.10. The number of anilines is 1. The van der Waals surface area contributed by atoms with E-state index in [4.69, 9.17) is 0 Å². The average Bonchev–Trinajstić information content (AvgIpc) is 2.75. The zero-order chi connectivity index (χ0) is 13.8. The Bertz CT molecular complexity index is 552. The number of nitrogens with zero attached hydrogens (tertiary/aromatic N) is 4. The molecule has 0 aliphatic heterocycles. The van der Waals surface area contributed by atoms with Gasteiger partial charge in [0.25, 0.3) is 0 Å². The summed E-state index contributed by atoms with van der Waals surface area (Å²) in [4.78, 5) is 6.65. The van der Waals surface area contributed by atoms with Gasteiger partial charge in [-0.15, -0.1) is 0 Å². The number of aryl methyl sites for hydroxylation is 1. The maximum absolute atomic E-state index is 4.51. The van der Waals surface area contributed by atoms with Crippen LogP contribution >= 0.6 is 15.9 Å². The van der Waals surface area contributed by atoms with E-state index >= 15 is 0 Å². The van der Waals surface area contributed by atoms with Gasteiger partial charge in [-0.2, -0.15) is 5.10 Å². The number of aromatic nitrogens is 3. The highest BCUT2D eigenvalue weighted by molar-refractivity contribution is 9.10. The van der Waals surface area contributed by atoms with Crippen LogP contribution in [0.3, 0.4) is 0 Å². The van der Waals surface area contributed by atoms with E-state index in [1.54, 1.807) is 0 Å². The monoisotopic (exact) mass is 323 g/mol. The summed E-state index contributed by atoms with van der Waals surface area (Å²) >= 11 is 3.46. The van der Waals surface area contributed by atoms with Gasteiger partial charge < -0.3 is 10.2 Å². The molecule has 0 radical (unpaired) electrons. The molecular formula is C13H18BrN5. The van der Waals surface area contributed by atoms with Crippen LogP contribution in [0.25, 0.3) is 0 Å². The average molecular weight is 324 g/mol. The molecule has 0 atom stereocenters. The van der Waals surface area contributed by atoms with E-state index in [1.807, 2.05) is 44.4 Å². The molecule has 0 amide bonds. The molecule has 5 nitrogen and oxygen atoms in total. The highest BCUT2D eigenvalue weighted by atomic mass is 79.9. The fourth-order valence-electron chi connectivity index (χ4n) is 2.04. The molecule has 2 rings (SSSR count). The van der Waals surface area contributed by atoms with Crippen LogP contribution in [-0.2, 0) is 20.1 Å². The fourth-order valence-corrected chi connectivity index (χ4v) is 2.42. The first kappa shape index (κ1) is 14.0. The van der Waals surface area contributed by atoms with Gasteiger partial charge in [0, 0.05) is 55.2 Å². The molecule has 0 spiro atoms. The topological polar surface area (TPSA) is 46.0 Å². The predicted octanol–water partition coefficient (Wildman–Crippen LogP) is 1.93. The van der Waals surface area contributed by atoms with Crippen molar-refractivity contribution in [2.75, 3.05) is 19.0 Å². The summed E-state index contributed by atoms with van der Waals surface area (Å²) in [5.74, 6) is 0.987. The molecule has 2 heterocycles. The molecule has 102 valence electrons. The Balaban J connectivity index is 2.20. The molecule has 0 aromatic carbocycles. The summed E-state index contributed by atoms with van der Waals surface area (Å²) in [6.07, 6.45) is 5.73. The van der Waals surface area contributed by atoms with E-state index in [1.165, 1.54) is 11.1 Å². The zero-order valence-corrected chi connectivity index (χ0v) is 13.0. The zero-order valence-electron chi connectivity index (χ0n) is 11.4. The van der Waals surface area contributed by atoms with Crippen LogP contribution in [0.1, 0.15) is 11.1 Å². The van der Waals surface area contributed by atoms with Gasteiger partial charge in [0.05, 0.1) is 6.20 Å². The normalized spacial score (nSPS) is 10.7. The summed E-state index contributed by atoms with van der Waals surface area (Å²) in [6, 6.07) is 2.10. The van der Waals surface area contributed by atoms with Crippen molar-refractivity contribution in [2.45, 2.75) is 13.1 Å². The summed E-state index contributed by atoms with van der Waals surface area (Å²) in [5.41, 5.74) is 2.34. The Morgan fingerprint density at radius 3 is 2.84 bits per heavy atom. The van der Waals surface area contributed by atoms with Crippen LogP contribution in [-0.4, -0.2) is 28.9 Å².